The number of morpholine rings is 1. The van der Waals surface area contributed by atoms with E-state index in [2.05, 4.69) is 23.2 Å². The second-order valence-electron chi connectivity index (χ2n) is 4.84. The topological polar surface area (TPSA) is 41.6 Å². The van der Waals surface area contributed by atoms with E-state index in [1.807, 2.05) is 18.2 Å². The van der Waals surface area contributed by atoms with Crippen molar-refractivity contribution in [3.8, 4) is 0 Å². The molecule has 0 unspecified atom stereocenters. The summed E-state index contributed by atoms with van der Waals surface area (Å²) in [5, 5.41) is 2.91. The molecule has 0 aromatic heterocycles. The Morgan fingerprint density at radius 2 is 2.16 bits per heavy atom. The van der Waals surface area contributed by atoms with Gasteiger partial charge in [0.2, 0.25) is 0 Å². The molecule has 1 aromatic rings. The predicted molar refractivity (Wildman–Crippen MR) is 75.2 cm³/mol. The summed E-state index contributed by atoms with van der Waals surface area (Å²) in [5.74, 6) is 0.0191. The number of amides is 1. The lowest BCUT2D eigenvalue weighted by atomic mass is 10.1. The third kappa shape index (κ3) is 4.33. The second-order valence-corrected chi connectivity index (χ2v) is 4.84. The van der Waals surface area contributed by atoms with Crippen molar-refractivity contribution >= 4 is 5.91 Å². The molecule has 0 radical (unpaired) electrons. The second kappa shape index (κ2) is 7.26. The zero-order chi connectivity index (χ0) is 13.5. The molecule has 104 valence electrons. The van der Waals surface area contributed by atoms with E-state index in [-0.39, 0.29) is 5.91 Å². The first kappa shape index (κ1) is 14.0. The molecule has 1 aromatic carbocycles. The number of nitrogens with zero attached hydrogens (tertiary/aromatic N) is 1. The van der Waals surface area contributed by atoms with Gasteiger partial charge in [-0.15, -0.1) is 0 Å². The summed E-state index contributed by atoms with van der Waals surface area (Å²) < 4.78 is 5.34. The maximum atomic E-state index is 11.9. The van der Waals surface area contributed by atoms with Crippen LogP contribution in [0.5, 0.6) is 0 Å². The van der Waals surface area contributed by atoms with Crippen LogP contribution in [0.4, 0.5) is 0 Å². The average molecular weight is 262 g/mol. The molecule has 1 saturated heterocycles. The van der Waals surface area contributed by atoms with Gasteiger partial charge < -0.3 is 10.1 Å². The maximum Gasteiger partial charge on any atom is 0.251 e. The molecule has 1 fully saturated rings. The van der Waals surface area contributed by atoms with Gasteiger partial charge in [-0.05, 0) is 24.1 Å². The fourth-order valence-corrected chi connectivity index (χ4v) is 2.17. The zero-order valence-electron chi connectivity index (χ0n) is 11.5. The third-order valence-electron chi connectivity index (χ3n) is 3.23. The van der Waals surface area contributed by atoms with Gasteiger partial charge in [-0.1, -0.05) is 19.1 Å². The molecule has 0 spiro atoms. The number of ether oxygens (including phenoxy) is 1. The van der Waals surface area contributed by atoms with Crippen LogP contribution in [-0.4, -0.2) is 43.7 Å². The summed E-state index contributed by atoms with van der Waals surface area (Å²) in [7, 11) is 0. The molecule has 1 N–H and O–H groups in total. The van der Waals surface area contributed by atoms with E-state index in [1.165, 1.54) is 5.56 Å². The Morgan fingerprint density at radius 3 is 2.89 bits per heavy atom. The minimum Gasteiger partial charge on any atom is -0.379 e. The van der Waals surface area contributed by atoms with Crippen LogP contribution < -0.4 is 5.32 Å². The van der Waals surface area contributed by atoms with Crippen LogP contribution in [0.1, 0.15) is 29.3 Å². The largest absolute Gasteiger partial charge is 0.379 e. The summed E-state index contributed by atoms with van der Waals surface area (Å²) in [4.78, 5) is 14.3. The van der Waals surface area contributed by atoms with Gasteiger partial charge in [0.05, 0.1) is 13.2 Å². The summed E-state index contributed by atoms with van der Waals surface area (Å²) >= 11 is 0. The normalized spacial score (nSPS) is 16.3. The predicted octanol–water partition coefficient (Wildman–Crippen LogP) is 1.66. The fourth-order valence-electron chi connectivity index (χ4n) is 2.17. The van der Waals surface area contributed by atoms with Crippen molar-refractivity contribution < 1.29 is 9.53 Å². The Hall–Kier alpha value is -1.39. The minimum absolute atomic E-state index is 0.0191. The number of carbonyl (C=O) groups is 1. The van der Waals surface area contributed by atoms with Gasteiger partial charge in [-0.3, -0.25) is 9.69 Å². The van der Waals surface area contributed by atoms with Gasteiger partial charge in [0.1, 0.15) is 0 Å². The van der Waals surface area contributed by atoms with Gasteiger partial charge in [-0.25, -0.2) is 0 Å². The van der Waals surface area contributed by atoms with Gasteiger partial charge in [0, 0.05) is 31.7 Å². The van der Waals surface area contributed by atoms with Gasteiger partial charge in [0.15, 0.2) is 0 Å². The lowest BCUT2D eigenvalue weighted by Crippen LogP contribution is -2.35. The van der Waals surface area contributed by atoms with Crippen molar-refractivity contribution in [2.45, 2.75) is 19.9 Å². The summed E-state index contributed by atoms with van der Waals surface area (Å²) in [5.41, 5.74) is 1.94. The molecule has 2 rings (SSSR count). The Kier molecular flexibility index (Phi) is 5.36. The minimum atomic E-state index is 0.0191. The van der Waals surface area contributed by atoms with Crippen LogP contribution in [0.25, 0.3) is 0 Å². The molecule has 1 heterocycles. The number of rotatable bonds is 5. The molecule has 0 atom stereocenters. The van der Waals surface area contributed by atoms with Crippen molar-refractivity contribution in [1.82, 2.24) is 10.2 Å². The van der Waals surface area contributed by atoms with E-state index in [1.54, 1.807) is 0 Å². The molecule has 1 aliphatic heterocycles. The highest BCUT2D eigenvalue weighted by Crippen LogP contribution is 2.10. The summed E-state index contributed by atoms with van der Waals surface area (Å²) in [6.07, 6.45) is 0.958. The van der Waals surface area contributed by atoms with E-state index in [0.29, 0.717) is 0 Å². The first-order valence-electron chi connectivity index (χ1n) is 6.97. The highest BCUT2D eigenvalue weighted by Gasteiger charge is 2.11. The van der Waals surface area contributed by atoms with Crippen molar-refractivity contribution in [2.24, 2.45) is 0 Å². The van der Waals surface area contributed by atoms with E-state index < -0.39 is 0 Å². The molecule has 1 aliphatic rings. The monoisotopic (exact) mass is 262 g/mol. The first-order chi connectivity index (χ1) is 9.29. The number of benzene rings is 1. The van der Waals surface area contributed by atoms with Gasteiger partial charge in [0.25, 0.3) is 5.91 Å². The zero-order valence-corrected chi connectivity index (χ0v) is 11.5. The van der Waals surface area contributed by atoms with Crippen LogP contribution in [-0.2, 0) is 11.3 Å². The molecule has 0 bridgehead atoms. The van der Waals surface area contributed by atoms with Crippen molar-refractivity contribution in [2.75, 3.05) is 32.8 Å². The molecule has 4 heteroatoms. The van der Waals surface area contributed by atoms with E-state index >= 15 is 0 Å². The molecular formula is C15H22N2O2. The van der Waals surface area contributed by atoms with Crippen LogP contribution >= 0.6 is 0 Å². The Labute approximate surface area is 114 Å². The molecule has 19 heavy (non-hydrogen) atoms. The number of hydrogen-bond acceptors (Lipinski definition) is 3. The number of nitrogens with one attached hydrogen (secondary N) is 1. The molecule has 1 amide bonds. The number of carbonyl (C=O) groups excluding carboxylic acids is 1. The number of hydrogen-bond donors (Lipinski definition) is 1. The maximum absolute atomic E-state index is 11.9. The van der Waals surface area contributed by atoms with Crippen LogP contribution in [0.3, 0.4) is 0 Å². The van der Waals surface area contributed by atoms with E-state index in [4.69, 9.17) is 4.74 Å². The Morgan fingerprint density at radius 1 is 1.37 bits per heavy atom. The van der Waals surface area contributed by atoms with Gasteiger partial charge in [-0.2, -0.15) is 0 Å². The van der Waals surface area contributed by atoms with Crippen LogP contribution in [0.15, 0.2) is 24.3 Å². The van der Waals surface area contributed by atoms with E-state index in [9.17, 15) is 4.79 Å². The standard InChI is InChI=1S/C15H22N2O2/c1-2-6-16-15(18)14-5-3-4-13(11-14)12-17-7-9-19-10-8-17/h3-5,11H,2,6-10,12H2,1H3,(H,16,18). The van der Waals surface area contributed by atoms with Crippen LogP contribution in [0.2, 0.25) is 0 Å². The van der Waals surface area contributed by atoms with Gasteiger partial charge >= 0.3 is 0 Å². The fraction of sp³-hybridized carbons (Fsp3) is 0.533. The molecule has 4 nitrogen and oxygen atoms in total. The molecule has 0 aliphatic carbocycles. The average Bonchev–Trinajstić information content (AvgIpc) is 2.46. The van der Waals surface area contributed by atoms with E-state index in [0.717, 1.165) is 51.4 Å². The highest BCUT2D eigenvalue weighted by atomic mass is 16.5. The summed E-state index contributed by atoms with van der Waals surface area (Å²) in [6, 6.07) is 7.89. The Balaban J connectivity index is 1.95. The van der Waals surface area contributed by atoms with Crippen LogP contribution in [0, 0.1) is 0 Å². The quantitative estimate of drug-likeness (QED) is 0.877. The van der Waals surface area contributed by atoms with Crippen molar-refractivity contribution in [1.29, 1.82) is 0 Å². The lowest BCUT2D eigenvalue weighted by molar-refractivity contribution is 0.0342. The van der Waals surface area contributed by atoms with Crippen molar-refractivity contribution in [3.05, 3.63) is 35.4 Å². The first-order valence-corrected chi connectivity index (χ1v) is 6.97. The molecule has 0 saturated carbocycles. The molecular weight excluding hydrogens is 240 g/mol. The Bertz CT molecular complexity index is 414. The summed E-state index contributed by atoms with van der Waals surface area (Å²) in [6.45, 7) is 7.20. The third-order valence-corrected chi connectivity index (χ3v) is 3.23. The lowest BCUT2D eigenvalue weighted by Gasteiger charge is -2.26. The van der Waals surface area contributed by atoms with Crippen molar-refractivity contribution in [3.63, 3.8) is 0 Å². The SMILES string of the molecule is CCCNC(=O)c1cccc(CN2CCOCC2)c1. The smallest absolute Gasteiger partial charge is 0.251 e. The highest BCUT2D eigenvalue weighted by molar-refractivity contribution is 5.94.